The number of rotatable bonds is 5. The SMILES string of the molecule is Cc1ccccc1S(=O)(=O)NCCc1c(C)n[nH]c1C. The topological polar surface area (TPSA) is 74.8 Å². The first-order chi connectivity index (χ1) is 9.42. The molecule has 0 aliphatic carbocycles. The van der Waals surface area contributed by atoms with Crippen LogP contribution >= 0.6 is 0 Å². The molecular weight excluding hydrogens is 274 g/mol. The summed E-state index contributed by atoms with van der Waals surface area (Å²) in [6, 6.07) is 6.96. The Morgan fingerprint density at radius 2 is 1.90 bits per heavy atom. The molecule has 0 amide bonds. The van der Waals surface area contributed by atoms with Crippen LogP contribution in [-0.2, 0) is 16.4 Å². The van der Waals surface area contributed by atoms with E-state index in [0.717, 1.165) is 22.5 Å². The fourth-order valence-corrected chi connectivity index (χ4v) is 3.46. The van der Waals surface area contributed by atoms with E-state index in [0.29, 0.717) is 17.9 Å². The van der Waals surface area contributed by atoms with Crippen LogP contribution in [-0.4, -0.2) is 25.2 Å². The van der Waals surface area contributed by atoms with Crippen LogP contribution in [0.25, 0.3) is 0 Å². The Morgan fingerprint density at radius 1 is 1.20 bits per heavy atom. The number of hydrogen-bond acceptors (Lipinski definition) is 3. The van der Waals surface area contributed by atoms with Crippen molar-refractivity contribution < 1.29 is 8.42 Å². The molecule has 5 nitrogen and oxygen atoms in total. The highest BCUT2D eigenvalue weighted by Crippen LogP contribution is 2.14. The molecule has 0 bridgehead atoms. The first kappa shape index (κ1) is 14.7. The van der Waals surface area contributed by atoms with E-state index in [1.165, 1.54) is 0 Å². The van der Waals surface area contributed by atoms with Crippen molar-refractivity contribution in [3.05, 3.63) is 46.8 Å². The molecule has 0 aliphatic rings. The summed E-state index contributed by atoms with van der Waals surface area (Å²) in [6.07, 6.45) is 0.624. The molecule has 0 saturated carbocycles. The average molecular weight is 293 g/mol. The Labute approximate surface area is 119 Å². The third kappa shape index (κ3) is 3.08. The molecule has 0 aliphatic heterocycles. The van der Waals surface area contributed by atoms with E-state index >= 15 is 0 Å². The van der Waals surface area contributed by atoms with Crippen molar-refractivity contribution in [1.29, 1.82) is 0 Å². The van der Waals surface area contributed by atoms with Gasteiger partial charge in [-0.3, -0.25) is 5.10 Å². The van der Waals surface area contributed by atoms with Gasteiger partial charge in [0.2, 0.25) is 10.0 Å². The average Bonchev–Trinajstić information content (AvgIpc) is 2.70. The number of nitrogens with zero attached hydrogens (tertiary/aromatic N) is 1. The second kappa shape index (κ2) is 5.76. The Balaban J connectivity index is 2.06. The predicted octanol–water partition coefficient (Wildman–Crippen LogP) is 1.86. The van der Waals surface area contributed by atoms with Crippen molar-refractivity contribution in [3.8, 4) is 0 Å². The number of hydrogen-bond donors (Lipinski definition) is 2. The van der Waals surface area contributed by atoms with E-state index in [1.54, 1.807) is 25.1 Å². The van der Waals surface area contributed by atoms with Crippen molar-refractivity contribution >= 4 is 10.0 Å². The number of aromatic amines is 1. The number of nitrogens with one attached hydrogen (secondary N) is 2. The van der Waals surface area contributed by atoms with E-state index in [4.69, 9.17) is 0 Å². The van der Waals surface area contributed by atoms with Crippen LogP contribution in [0.15, 0.2) is 29.2 Å². The van der Waals surface area contributed by atoms with Gasteiger partial charge >= 0.3 is 0 Å². The van der Waals surface area contributed by atoms with Crippen LogP contribution in [0.4, 0.5) is 0 Å². The van der Waals surface area contributed by atoms with E-state index in [1.807, 2.05) is 19.9 Å². The van der Waals surface area contributed by atoms with Gasteiger partial charge in [0.15, 0.2) is 0 Å². The van der Waals surface area contributed by atoms with Crippen molar-refractivity contribution in [3.63, 3.8) is 0 Å². The van der Waals surface area contributed by atoms with E-state index in [-0.39, 0.29) is 0 Å². The lowest BCUT2D eigenvalue weighted by atomic mass is 10.1. The number of benzene rings is 1. The smallest absolute Gasteiger partial charge is 0.240 e. The fraction of sp³-hybridized carbons (Fsp3) is 0.357. The quantitative estimate of drug-likeness (QED) is 0.883. The van der Waals surface area contributed by atoms with Crippen LogP contribution in [0, 0.1) is 20.8 Å². The molecule has 20 heavy (non-hydrogen) atoms. The second-order valence-corrected chi connectivity index (χ2v) is 6.56. The van der Waals surface area contributed by atoms with Crippen LogP contribution < -0.4 is 4.72 Å². The summed E-state index contributed by atoms with van der Waals surface area (Å²) in [4.78, 5) is 0.334. The number of aryl methyl sites for hydroxylation is 3. The van der Waals surface area contributed by atoms with Gasteiger partial charge < -0.3 is 0 Å². The van der Waals surface area contributed by atoms with Crippen LogP contribution in [0.5, 0.6) is 0 Å². The first-order valence-corrected chi connectivity index (χ1v) is 7.96. The lowest BCUT2D eigenvalue weighted by Gasteiger charge is -2.09. The number of aromatic nitrogens is 2. The van der Waals surface area contributed by atoms with Gasteiger partial charge in [-0.2, -0.15) is 5.10 Å². The molecule has 0 radical (unpaired) electrons. The van der Waals surface area contributed by atoms with Gasteiger partial charge in [-0.15, -0.1) is 0 Å². The van der Waals surface area contributed by atoms with Crippen molar-refractivity contribution in [2.75, 3.05) is 6.54 Å². The molecule has 2 rings (SSSR count). The summed E-state index contributed by atoms with van der Waals surface area (Å²) < 4.78 is 27.1. The van der Waals surface area contributed by atoms with E-state index < -0.39 is 10.0 Å². The first-order valence-electron chi connectivity index (χ1n) is 6.47. The van der Waals surface area contributed by atoms with Crippen LogP contribution in [0.2, 0.25) is 0 Å². The molecule has 1 heterocycles. The highest BCUT2D eigenvalue weighted by molar-refractivity contribution is 7.89. The molecule has 108 valence electrons. The lowest BCUT2D eigenvalue weighted by Crippen LogP contribution is -2.26. The zero-order valence-corrected chi connectivity index (χ0v) is 12.7. The van der Waals surface area contributed by atoms with E-state index in [9.17, 15) is 8.42 Å². The summed E-state index contributed by atoms with van der Waals surface area (Å²) in [6.45, 7) is 6.00. The minimum Gasteiger partial charge on any atom is -0.282 e. The van der Waals surface area contributed by atoms with Gasteiger partial charge in [-0.25, -0.2) is 13.1 Å². The minimum absolute atomic E-state index is 0.334. The van der Waals surface area contributed by atoms with Crippen molar-refractivity contribution in [1.82, 2.24) is 14.9 Å². The van der Waals surface area contributed by atoms with Crippen molar-refractivity contribution in [2.45, 2.75) is 32.1 Å². The van der Waals surface area contributed by atoms with Gasteiger partial charge in [0, 0.05) is 12.2 Å². The number of H-pyrrole nitrogens is 1. The van der Waals surface area contributed by atoms with Crippen LogP contribution in [0.1, 0.15) is 22.5 Å². The molecule has 1 aromatic heterocycles. The van der Waals surface area contributed by atoms with Crippen molar-refractivity contribution in [2.24, 2.45) is 0 Å². The van der Waals surface area contributed by atoms with Gasteiger partial charge in [-0.1, -0.05) is 18.2 Å². The maximum atomic E-state index is 12.2. The monoisotopic (exact) mass is 293 g/mol. The molecule has 0 fully saturated rings. The molecule has 0 saturated heterocycles. The Kier molecular flexibility index (Phi) is 4.25. The predicted molar refractivity (Wildman–Crippen MR) is 78.1 cm³/mol. The normalized spacial score (nSPS) is 11.8. The van der Waals surface area contributed by atoms with Gasteiger partial charge in [0.05, 0.1) is 10.6 Å². The zero-order valence-electron chi connectivity index (χ0n) is 11.9. The maximum absolute atomic E-state index is 12.2. The largest absolute Gasteiger partial charge is 0.282 e. The van der Waals surface area contributed by atoms with Gasteiger partial charge in [0.1, 0.15) is 0 Å². The fourth-order valence-electron chi connectivity index (χ4n) is 2.19. The Bertz CT molecular complexity index is 685. The third-order valence-corrected chi connectivity index (χ3v) is 4.95. The zero-order chi connectivity index (χ0) is 14.8. The minimum atomic E-state index is -3.45. The van der Waals surface area contributed by atoms with Crippen LogP contribution in [0.3, 0.4) is 0 Å². The number of sulfonamides is 1. The van der Waals surface area contributed by atoms with Gasteiger partial charge in [-0.05, 0) is 44.4 Å². The molecule has 2 aromatic rings. The molecular formula is C14H19N3O2S. The lowest BCUT2D eigenvalue weighted by molar-refractivity contribution is 0.581. The Hall–Kier alpha value is -1.66. The standard InChI is InChI=1S/C14H19N3O2S/c1-10-6-4-5-7-14(10)20(18,19)15-9-8-13-11(2)16-17-12(13)3/h4-7,15H,8-9H2,1-3H3,(H,16,17). The van der Waals surface area contributed by atoms with Gasteiger partial charge in [0.25, 0.3) is 0 Å². The molecule has 2 N–H and O–H groups in total. The second-order valence-electron chi connectivity index (χ2n) is 4.83. The summed E-state index contributed by atoms with van der Waals surface area (Å²) in [5, 5.41) is 7.00. The summed E-state index contributed by atoms with van der Waals surface area (Å²) >= 11 is 0. The molecule has 0 atom stereocenters. The molecule has 0 unspecified atom stereocenters. The summed E-state index contributed by atoms with van der Waals surface area (Å²) in [5.74, 6) is 0. The molecule has 1 aromatic carbocycles. The van der Waals surface area contributed by atoms with E-state index in [2.05, 4.69) is 14.9 Å². The highest BCUT2D eigenvalue weighted by Gasteiger charge is 2.16. The maximum Gasteiger partial charge on any atom is 0.240 e. The highest BCUT2D eigenvalue weighted by atomic mass is 32.2. The molecule has 0 spiro atoms. The third-order valence-electron chi connectivity index (χ3n) is 3.33. The Morgan fingerprint density at radius 3 is 2.50 bits per heavy atom. The molecule has 6 heteroatoms. The summed E-state index contributed by atoms with van der Waals surface area (Å²) in [7, 11) is -3.45. The summed E-state index contributed by atoms with van der Waals surface area (Å²) in [5.41, 5.74) is 3.71.